The molecule has 1 fully saturated rings. The highest BCUT2D eigenvalue weighted by Gasteiger charge is 2.43. The van der Waals surface area contributed by atoms with Crippen molar-refractivity contribution in [1.82, 2.24) is 15.5 Å². The minimum atomic E-state index is -0.766. The third kappa shape index (κ3) is 3.38. The number of amides is 4. The number of hydrogen-bond acceptors (Lipinski definition) is 5. The molecule has 0 saturated carbocycles. The van der Waals surface area contributed by atoms with E-state index in [0.717, 1.165) is 21.4 Å². The van der Waals surface area contributed by atoms with Gasteiger partial charge in [0.15, 0.2) is 0 Å². The molecule has 2 aromatic carbocycles. The van der Waals surface area contributed by atoms with Crippen LogP contribution in [0.2, 0.25) is 0 Å². The lowest BCUT2D eigenvalue weighted by atomic mass is 10.1. The number of thiophene rings is 1. The number of nitrogens with one attached hydrogen (secondary N) is 2. The van der Waals surface area contributed by atoms with Crippen molar-refractivity contribution in [2.24, 2.45) is 0 Å². The molecule has 2 aliphatic heterocycles. The van der Waals surface area contributed by atoms with Crippen molar-refractivity contribution in [2.75, 3.05) is 6.54 Å². The van der Waals surface area contributed by atoms with Gasteiger partial charge in [-0.1, -0.05) is 24.3 Å². The maximum absolute atomic E-state index is 12.9. The second-order valence-corrected chi connectivity index (χ2v) is 8.72. The Balaban J connectivity index is 1.32. The van der Waals surface area contributed by atoms with Crippen LogP contribution in [0, 0.1) is 0 Å². The molecule has 0 aliphatic carbocycles. The van der Waals surface area contributed by atoms with E-state index >= 15 is 0 Å². The lowest BCUT2D eigenvalue weighted by Crippen LogP contribution is -2.52. The summed E-state index contributed by atoms with van der Waals surface area (Å²) in [6.07, 6.45) is 1.19. The summed E-state index contributed by atoms with van der Waals surface area (Å²) >= 11 is 1.42. The Morgan fingerprint density at radius 2 is 1.87 bits per heavy atom. The van der Waals surface area contributed by atoms with E-state index in [2.05, 4.69) is 10.6 Å². The van der Waals surface area contributed by atoms with Crippen LogP contribution >= 0.6 is 11.3 Å². The summed E-state index contributed by atoms with van der Waals surface area (Å²) in [5.41, 5.74) is 1.28. The fourth-order valence-corrected chi connectivity index (χ4v) is 5.04. The molecule has 7 nitrogen and oxygen atoms in total. The maximum atomic E-state index is 12.9. The average molecular weight is 433 g/mol. The lowest BCUT2D eigenvalue weighted by Gasteiger charge is -2.28. The molecule has 31 heavy (non-hydrogen) atoms. The second kappa shape index (κ2) is 7.63. The number of carbonyl (C=O) groups excluding carboxylic acids is 4. The lowest BCUT2D eigenvalue weighted by molar-refractivity contribution is -0.126. The molecule has 1 unspecified atom stereocenters. The molecule has 3 aromatic rings. The van der Waals surface area contributed by atoms with Crippen molar-refractivity contribution in [1.29, 1.82) is 0 Å². The number of piperidine rings is 1. The molecular formula is C23H19N3O4S. The quantitative estimate of drug-likeness (QED) is 0.619. The standard InChI is InChI=1S/C23H19N3O4S/c27-20-17(5-3-9-24-20)26-22(29)15-8-7-13(10-16(15)23(26)30)12-25-21(28)19-11-14-4-1-2-6-18(14)31-19/h1-2,4,6-8,10-11,17H,3,5,9,12H2,(H,24,27)(H,25,28). The molecule has 1 atom stereocenters. The van der Waals surface area contributed by atoms with Crippen LogP contribution in [0.3, 0.4) is 0 Å². The van der Waals surface area contributed by atoms with E-state index in [4.69, 9.17) is 0 Å². The van der Waals surface area contributed by atoms with Gasteiger partial charge in [0.2, 0.25) is 5.91 Å². The van der Waals surface area contributed by atoms with Gasteiger partial charge >= 0.3 is 0 Å². The number of rotatable bonds is 4. The Labute approximate surface area is 182 Å². The van der Waals surface area contributed by atoms with Gasteiger partial charge < -0.3 is 10.6 Å². The summed E-state index contributed by atoms with van der Waals surface area (Å²) in [4.78, 5) is 52.1. The molecule has 8 heteroatoms. The molecule has 156 valence electrons. The Bertz CT molecular complexity index is 1220. The fourth-order valence-electron chi connectivity index (χ4n) is 4.07. The van der Waals surface area contributed by atoms with Gasteiger partial charge in [-0.25, -0.2) is 0 Å². The van der Waals surface area contributed by atoms with Crippen LogP contribution in [0.15, 0.2) is 48.5 Å². The van der Waals surface area contributed by atoms with Crippen molar-refractivity contribution in [3.05, 3.63) is 70.1 Å². The van der Waals surface area contributed by atoms with Crippen LogP contribution in [-0.4, -0.2) is 41.1 Å². The van der Waals surface area contributed by atoms with E-state index < -0.39 is 17.9 Å². The number of fused-ring (bicyclic) bond motifs is 2. The minimum Gasteiger partial charge on any atom is -0.354 e. The Morgan fingerprint density at radius 3 is 2.68 bits per heavy atom. The Kier molecular flexibility index (Phi) is 4.78. The maximum Gasteiger partial charge on any atom is 0.262 e. The van der Waals surface area contributed by atoms with E-state index in [1.54, 1.807) is 18.2 Å². The highest BCUT2D eigenvalue weighted by atomic mass is 32.1. The molecule has 0 radical (unpaired) electrons. The molecule has 5 rings (SSSR count). The normalized spacial score (nSPS) is 18.3. The van der Waals surface area contributed by atoms with Gasteiger partial charge in [-0.15, -0.1) is 11.3 Å². The van der Waals surface area contributed by atoms with Gasteiger partial charge in [-0.2, -0.15) is 0 Å². The van der Waals surface area contributed by atoms with E-state index in [1.807, 2.05) is 30.3 Å². The van der Waals surface area contributed by atoms with Crippen LogP contribution in [-0.2, 0) is 11.3 Å². The van der Waals surface area contributed by atoms with Crippen LogP contribution in [0.4, 0.5) is 0 Å². The van der Waals surface area contributed by atoms with Gasteiger partial charge in [-0.3, -0.25) is 24.1 Å². The summed E-state index contributed by atoms with van der Waals surface area (Å²) in [6, 6.07) is 13.8. The van der Waals surface area contributed by atoms with Crippen molar-refractivity contribution < 1.29 is 19.2 Å². The Hall–Kier alpha value is -3.52. The predicted molar refractivity (Wildman–Crippen MR) is 116 cm³/mol. The molecule has 4 amide bonds. The SMILES string of the molecule is O=C(NCc1ccc2c(c1)C(=O)N(C1CCCNC1=O)C2=O)c1cc2ccccc2s1. The smallest absolute Gasteiger partial charge is 0.262 e. The fraction of sp³-hybridized carbons (Fsp3) is 0.217. The number of nitrogens with zero attached hydrogens (tertiary/aromatic N) is 1. The van der Waals surface area contributed by atoms with Crippen LogP contribution < -0.4 is 10.6 Å². The van der Waals surface area contributed by atoms with Crippen molar-refractivity contribution >= 4 is 45.1 Å². The Morgan fingerprint density at radius 1 is 1.06 bits per heavy atom. The van der Waals surface area contributed by atoms with E-state index in [9.17, 15) is 19.2 Å². The minimum absolute atomic E-state index is 0.190. The molecule has 2 N–H and O–H groups in total. The first kappa shape index (κ1) is 19.4. The van der Waals surface area contributed by atoms with Gasteiger partial charge in [0.25, 0.3) is 17.7 Å². The molecule has 0 bridgehead atoms. The van der Waals surface area contributed by atoms with Gasteiger partial charge in [0.05, 0.1) is 16.0 Å². The summed E-state index contributed by atoms with van der Waals surface area (Å²) in [5.74, 6) is -1.39. The average Bonchev–Trinajstić information content (AvgIpc) is 3.32. The summed E-state index contributed by atoms with van der Waals surface area (Å²) in [6.45, 7) is 0.786. The third-order valence-electron chi connectivity index (χ3n) is 5.65. The molecule has 2 aliphatic rings. The van der Waals surface area contributed by atoms with Crippen molar-refractivity contribution in [3.63, 3.8) is 0 Å². The number of hydrogen-bond donors (Lipinski definition) is 2. The first-order valence-electron chi connectivity index (χ1n) is 10.1. The predicted octanol–water partition coefficient (Wildman–Crippen LogP) is 2.71. The zero-order valence-corrected chi connectivity index (χ0v) is 17.3. The zero-order chi connectivity index (χ0) is 21.5. The second-order valence-electron chi connectivity index (χ2n) is 7.64. The number of benzene rings is 2. The first-order valence-corrected chi connectivity index (χ1v) is 10.9. The largest absolute Gasteiger partial charge is 0.354 e. The van der Waals surface area contributed by atoms with Gasteiger partial charge in [0.1, 0.15) is 6.04 Å². The van der Waals surface area contributed by atoms with Crippen LogP contribution in [0.5, 0.6) is 0 Å². The molecule has 3 heterocycles. The third-order valence-corrected chi connectivity index (χ3v) is 6.77. The number of carbonyl (C=O) groups is 4. The monoisotopic (exact) mass is 433 g/mol. The van der Waals surface area contributed by atoms with E-state index in [0.29, 0.717) is 29.0 Å². The zero-order valence-electron chi connectivity index (χ0n) is 16.5. The van der Waals surface area contributed by atoms with Crippen molar-refractivity contribution in [2.45, 2.75) is 25.4 Å². The van der Waals surface area contributed by atoms with Gasteiger partial charge in [-0.05, 0) is 48.1 Å². The molecule has 0 spiro atoms. The summed E-state index contributed by atoms with van der Waals surface area (Å²) in [7, 11) is 0. The highest BCUT2D eigenvalue weighted by molar-refractivity contribution is 7.20. The molecule has 1 saturated heterocycles. The summed E-state index contributed by atoms with van der Waals surface area (Å²) in [5, 5.41) is 6.61. The highest BCUT2D eigenvalue weighted by Crippen LogP contribution is 2.28. The molecular weight excluding hydrogens is 414 g/mol. The van der Waals surface area contributed by atoms with Gasteiger partial charge in [0, 0.05) is 17.8 Å². The van der Waals surface area contributed by atoms with E-state index in [1.165, 1.54) is 11.3 Å². The summed E-state index contributed by atoms with van der Waals surface area (Å²) < 4.78 is 1.04. The molecule has 1 aromatic heterocycles. The first-order chi connectivity index (χ1) is 15.0. The topological polar surface area (TPSA) is 95.6 Å². The van der Waals surface area contributed by atoms with E-state index in [-0.39, 0.29) is 23.9 Å². The van der Waals surface area contributed by atoms with Crippen molar-refractivity contribution in [3.8, 4) is 0 Å². The van der Waals surface area contributed by atoms with Crippen LogP contribution in [0.25, 0.3) is 10.1 Å². The van der Waals surface area contributed by atoms with Crippen LogP contribution in [0.1, 0.15) is 48.8 Å². The number of imide groups is 1.